The summed E-state index contributed by atoms with van der Waals surface area (Å²) in [6, 6.07) is 0. The molecule has 0 aromatic rings. The average Bonchev–Trinajstić information content (AvgIpc) is 3.19. The van der Waals surface area contributed by atoms with Crippen LogP contribution < -0.4 is 0 Å². The zero-order valence-electron chi connectivity index (χ0n) is 25.3. The summed E-state index contributed by atoms with van der Waals surface area (Å²) >= 11 is 0. The van der Waals surface area contributed by atoms with E-state index in [1.54, 1.807) is 5.57 Å². The number of aliphatic hydroxyl groups excluding tert-OH is 1. The fraction of sp³-hybridized carbons (Fsp3) is 0.939. The van der Waals surface area contributed by atoms with Crippen molar-refractivity contribution in [1.29, 1.82) is 0 Å². The molecule has 3 heteroatoms. The summed E-state index contributed by atoms with van der Waals surface area (Å²) in [5, 5.41) is 20.5. The Morgan fingerprint density at radius 2 is 1.69 bits per heavy atom. The molecule has 4 aliphatic rings. The van der Waals surface area contributed by atoms with Gasteiger partial charge in [-0.25, -0.2) is 0 Å². The molecule has 0 aromatic carbocycles. The van der Waals surface area contributed by atoms with Gasteiger partial charge in [-0.1, -0.05) is 60.1 Å². The van der Waals surface area contributed by atoms with Crippen LogP contribution >= 0.6 is 0 Å². The molecule has 0 aromatic heterocycles. The summed E-state index contributed by atoms with van der Waals surface area (Å²) in [6.45, 7) is 20.1. The Labute approximate surface area is 223 Å². The summed E-state index contributed by atoms with van der Waals surface area (Å²) in [7, 11) is 0. The molecule has 210 valence electrons. The Hall–Kier alpha value is -0.380. The first-order valence-electron chi connectivity index (χ1n) is 15.6. The normalized spacial score (nSPS) is 39.8. The van der Waals surface area contributed by atoms with Crippen molar-refractivity contribution in [3.8, 4) is 0 Å². The van der Waals surface area contributed by atoms with Crippen LogP contribution in [0.5, 0.6) is 0 Å². The Morgan fingerprint density at radius 1 is 1.00 bits per heavy atom. The summed E-state index contributed by atoms with van der Waals surface area (Å²) in [6.07, 6.45) is 15.2. The van der Waals surface area contributed by atoms with Crippen LogP contribution in [0, 0.1) is 46.3 Å². The van der Waals surface area contributed by atoms with Crippen molar-refractivity contribution in [2.75, 3.05) is 6.61 Å². The van der Waals surface area contributed by atoms with Crippen molar-refractivity contribution in [1.82, 2.24) is 0 Å². The van der Waals surface area contributed by atoms with Gasteiger partial charge in [-0.15, -0.1) is 0 Å². The van der Waals surface area contributed by atoms with Crippen molar-refractivity contribution >= 4 is 0 Å². The van der Waals surface area contributed by atoms with Crippen LogP contribution in [-0.4, -0.2) is 34.6 Å². The van der Waals surface area contributed by atoms with E-state index in [9.17, 15) is 10.2 Å². The molecule has 3 saturated carbocycles. The van der Waals surface area contributed by atoms with Gasteiger partial charge in [0, 0.05) is 0 Å². The Bertz CT molecular complexity index is 736. The van der Waals surface area contributed by atoms with Crippen LogP contribution in [0.15, 0.2) is 11.6 Å². The highest BCUT2D eigenvalue weighted by Crippen LogP contribution is 2.67. The fourth-order valence-electron chi connectivity index (χ4n) is 9.04. The van der Waals surface area contributed by atoms with Crippen LogP contribution in [0.25, 0.3) is 0 Å². The predicted octanol–water partition coefficient (Wildman–Crippen LogP) is 8.18. The number of allylic oxidation sites excluding steroid dienone is 1. The van der Waals surface area contributed by atoms with E-state index in [2.05, 4.69) is 40.7 Å². The minimum Gasteiger partial charge on any atom is -0.393 e. The van der Waals surface area contributed by atoms with E-state index in [0.717, 1.165) is 42.9 Å². The zero-order valence-corrected chi connectivity index (χ0v) is 25.3. The van der Waals surface area contributed by atoms with Gasteiger partial charge in [0.1, 0.15) is 0 Å². The molecule has 4 rings (SSSR count). The molecule has 0 spiro atoms. The minimum absolute atomic E-state index is 0.146. The van der Waals surface area contributed by atoms with Gasteiger partial charge in [0.2, 0.25) is 0 Å². The van der Waals surface area contributed by atoms with Gasteiger partial charge in [-0.2, -0.15) is 0 Å². The monoisotopic (exact) mass is 504 g/mol. The van der Waals surface area contributed by atoms with Gasteiger partial charge in [0.25, 0.3) is 0 Å². The molecule has 0 bridgehead atoms. The van der Waals surface area contributed by atoms with E-state index >= 15 is 0 Å². The molecule has 2 N–H and O–H groups in total. The molecule has 0 aliphatic heterocycles. The number of aliphatic hydroxyl groups is 2. The Balaban J connectivity index is 0.00000176. The second-order valence-corrected chi connectivity index (χ2v) is 14.3. The number of hydrogen-bond donors (Lipinski definition) is 2. The maximum absolute atomic E-state index is 10.4. The second kappa shape index (κ2) is 11.8. The maximum atomic E-state index is 10.4. The fourth-order valence-corrected chi connectivity index (χ4v) is 9.04. The molecule has 9 atom stereocenters. The van der Waals surface area contributed by atoms with E-state index < -0.39 is 5.60 Å². The Kier molecular flexibility index (Phi) is 9.88. The molecular formula is C33H60O3. The summed E-state index contributed by atoms with van der Waals surface area (Å²) in [4.78, 5) is 0. The lowest BCUT2D eigenvalue weighted by atomic mass is 9.47. The number of hydrogen-bond acceptors (Lipinski definition) is 3. The molecule has 3 fully saturated rings. The topological polar surface area (TPSA) is 49.7 Å². The van der Waals surface area contributed by atoms with E-state index in [0.29, 0.717) is 29.3 Å². The second-order valence-electron chi connectivity index (χ2n) is 14.3. The zero-order chi connectivity index (χ0) is 26.9. The van der Waals surface area contributed by atoms with Crippen molar-refractivity contribution in [3.05, 3.63) is 11.6 Å². The van der Waals surface area contributed by atoms with E-state index in [1.165, 1.54) is 44.9 Å². The van der Waals surface area contributed by atoms with Crippen molar-refractivity contribution in [2.45, 2.75) is 144 Å². The number of ether oxygens (including phenoxy) is 1. The van der Waals surface area contributed by atoms with E-state index in [1.807, 2.05) is 27.7 Å². The first-order valence-corrected chi connectivity index (χ1v) is 15.6. The average molecular weight is 505 g/mol. The van der Waals surface area contributed by atoms with Crippen LogP contribution in [0.1, 0.15) is 127 Å². The lowest BCUT2D eigenvalue weighted by molar-refractivity contribution is -0.0845. The Morgan fingerprint density at radius 3 is 2.33 bits per heavy atom. The highest BCUT2D eigenvalue weighted by Gasteiger charge is 2.59. The lowest BCUT2D eigenvalue weighted by Gasteiger charge is -2.58. The summed E-state index contributed by atoms with van der Waals surface area (Å²) in [5.41, 5.74) is 1.75. The first-order chi connectivity index (χ1) is 16.8. The molecule has 8 unspecified atom stereocenters. The largest absolute Gasteiger partial charge is 0.393 e. The van der Waals surface area contributed by atoms with E-state index in [4.69, 9.17) is 4.74 Å². The molecule has 3 nitrogen and oxygen atoms in total. The van der Waals surface area contributed by atoms with Gasteiger partial charge >= 0.3 is 0 Å². The molecular weight excluding hydrogens is 444 g/mol. The molecule has 0 heterocycles. The van der Waals surface area contributed by atoms with Gasteiger partial charge in [-0.3, -0.25) is 0 Å². The van der Waals surface area contributed by atoms with Crippen molar-refractivity contribution < 1.29 is 14.9 Å². The third-order valence-corrected chi connectivity index (χ3v) is 11.2. The highest BCUT2D eigenvalue weighted by atomic mass is 16.5. The molecule has 0 saturated heterocycles. The lowest BCUT2D eigenvalue weighted by Crippen LogP contribution is -2.51. The van der Waals surface area contributed by atoms with E-state index in [-0.39, 0.29) is 12.2 Å². The van der Waals surface area contributed by atoms with Crippen LogP contribution in [0.2, 0.25) is 0 Å². The van der Waals surface area contributed by atoms with Crippen molar-refractivity contribution in [3.63, 3.8) is 0 Å². The van der Waals surface area contributed by atoms with Crippen LogP contribution in [-0.2, 0) is 4.74 Å². The van der Waals surface area contributed by atoms with Crippen LogP contribution in [0.3, 0.4) is 0 Å². The quantitative estimate of drug-likeness (QED) is 0.328. The number of fused-ring (bicyclic) bond motifs is 5. The third kappa shape index (κ3) is 6.09. The highest BCUT2D eigenvalue weighted by molar-refractivity contribution is 5.25. The van der Waals surface area contributed by atoms with Gasteiger partial charge in [0.05, 0.1) is 24.4 Å². The molecule has 36 heavy (non-hydrogen) atoms. The van der Waals surface area contributed by atoms with Crippen LogP contribution in [0.4, 0.5) is 0 Å². The first kappa shape index (κ1) is 30.2. The number of rotatable bonds is 8. The SMILES string of the molecule is CC.CC(C)C(O)CC[C@@H](C)C1CCC2C3CC=C4CC(OCC(C)(C)O)CCC4(C)C3CCC21C. The van der Waals surface area contributed by atoms with Gasteiger partial charge in [-0.05, 0) is 124 Å². The van der Waals surface area contributed by atoms with Gasteiger partial charge < -0.3 is 14.9 Å². The van der Waals surface area contributed by atoms with Crippen molar-refractivity contribution in [2.24, 2.45) is 46.3 Å². The maximum Gasteiger partial charge on any atom is 0.0824 e. The smallest absolute Gasteiger partial charge is 0.0824 e. The predicted molar refractivity (Wildman–Crippen MR) is 152 cm³/mol. The minimum atomic E-state index is -0.746. The molecule has 0 amide bonds. The molecule has 0 radical (unpaired) electrons. The summed E-state index contributed by atoms with van der Waals surface area (Å²) < 4.78 is 6.15. The summed E-state index contributed by atoms with van der Waals surface area (Å²) in [5.74, 6) is 4.45. The molecule has 4 aliphatic carbocycles. The third-order valence-electron chi connectivity index (χ3n) is 11.2. The standard InChI is InChI=1S/C31H54O3.C2H6/c1-20(2)28(32)13-8-21(3)25-11-12-26-24-10-9-22-18-23(34-19-29(4,5)33)14-16-30(22,6)27(24)15-17-31(25,26)7;1-2/h9,20-21,23-28,32-33H,8,10-19H2,1-7H3;1-2H3/t21-,23?,24?,25?,26?,27?,28?,30?,31?;/m1./s1. The van der Waals surface area contributed by atoms with Gasteiger partial charge in [0.15, 0.2) is 0 Å².